The number of carboxylic acids is 1. The number of aromatic nitrogens is 1. The summed E-state index contributed by atoms with van der Waals surface area (Å²) in [4.78, 5) is 26.1. The molecule has 0 aliphatic rings. The summed E-state index contributed by atoms with van der Waals surface area (Å²) in [6.07, 6.45) is 1.16. The Labute approximate surface area is 111 Å². The van der Waals surface area contributed by atoms with Gasteiger partial charge < -0.3 is 15.2 Å². The molecular weight excluding hydrogens is 248 g/mol. The largest absolute Gasteiger partial charge is 0.478 e. The van der Waals surface area contributed by atoms with Gasteiger partial charge in [0, 0.05) is 19.3 Å². The van der Waals surface area contributed by atoms with Gasteiger partial charge in [-0.25, -0.2) is 4.79 Å². The molecule has 0 bridgehead atoms. The molecule has 2 N–H and O–H groups in total. The quantitative estimate of drug-likeness (QED) is 0.723. The number of carboxylic acid groups (broad SMARTS) is 1. The molecule has 6 nitrogen and oxygen atoms in total. The predicted octanol–water partition coefficient (Wildman–Crippen LogP) is 1.18. The summed E-state index contributed by atoms with van der Waals surface area (Å²) < 4.78 is 5.32. The fourth-order valence-corrected chi connectivity index (χ4v) is 1.30. The second-order valence-corrected chi connectivity index (χ2v) is 4.46. The first-order valence-electron chi connectivity index (χ1n) is 6.06. The fraction of sp³-hybridized carbons (Fsp3) is 0.462. The highest BCUT2D eigenvalue weighted by molar-refractivity contribution is 5.93. The molecule has 0 aliphatic carbocycles. The standard InChI is InChI=1S/C13H18N2O4/c1-9(2)8-19-6-5-14-12(16)11-4-3-10(7-15-11)13(17)18/h3-4,7,9H,5-6,8H2,1-2H3,(H,14,16)(H,17,18). The predicted molar refractivity (Wildman–Crippen MR) is 69.2 cm³/mol. The van der Waals surface area contributed by atoms with Crippen molar-refractivity contribution in [2.45, 2.75) is 13.8 Å². The van der Waals surface area contributed by atoms with Gasteiger partial charge in [-0.15, -0.1) is 0 Å². The zero-order valence-corrected chi connectivity index (χ0v) is 11.0. The average molecular weight is 266 g/mol. The fourth-order valence-electron chi connectivity index (χ4n) is 1.30. The van der Waals surface area contributed by atoms with E-state index in [9.17, 15) is 9.59 Å². The van der Waals surface area contributed by atoms with Crippen LogP contribution in [0.2, 0.25) is 0 Å². The van der Waals surface area contributed by atoms with Gasteiger partial charge in [0.15, 0.2) is 0 Å². The summed E-state index contributed by atoms with van der Waals surface area (Å²) in [7, 11) is 0. The monoisotopic (exact) mass is 266 g/mol. The van der Waals surface area contributed by atoms with Crippen molar-refractivity contribution in [1.82, 2.24) is 10.3 Å². The van der Waals surface area contributed by atoms with E-state index in [4.69, 9.17) is 9.84 Å². The number of hydrogen-bond acceptors (Lipinski definition) is 4. The lowest BCUT2D eigenvalue weighted by molar-refractivity contribution is 0.0695. The van der Waals surface area contributed by atoms with E-state index in [2.05, 4.69) is 10.3 Å². The number of hydrogen-bond donors (Lipinski definition) is 2. The Morgan fingerprint density at radius 2 is 2.16 bits per heavy atom. The van der Waals surface area contributed by atoms with Crippen LogP contribution >= 0.6 is 0 Å². The number of ether oxygens (including phenoxy) is 1. The molecule has 0 aromatic carbocycles. The normalized spacial score (nSPS) is 10.5. The summed E-state index contributed by atoms with van der Waals surface area (Å²) in [5, 5.41) is 11.3. The first-order chi connectivity index (χ1) is 9.00. The van der Waals surface area contributed by atoms with Gasteiger partial charge in [-0.1, -0.05) is 13.8 Å². The Morgan fingerprint density at radius 3 is 2.68 bits per heavy atom. The van der Waals surface area contributed by atoms with E-state index in [-0.39, 0.29) is 17.2 Å². The molecule has 0 saturated heterocycles. The molecule has 1 aromatic rings. The first kappa shape index (κ1) is 15.1. The molecule has 1 amide bonds. The molecule has 0 spiro atoms. The third-order valence-corrected chi connectivity index (χ3v) is 2.23. The molecule has 0 radical (unpaired) electrons. The maximum Gasteiger partial charge on any atom is 0.337 e. The molecule has 0 saturated carbocycles. The van der Waals surface area contributed by atoms with Crippen molar-refractivity contribution in [3.8, 4) is 0 Å². The van der Waals surface area contributed by atoms with E-state index >= 15 is 0 Å². The van der Waals surface area contributed by atoms with Crippen molar-refractivity contribution in [3.05, 3.63) is 29.6 Å². The Kier molecular flexibility index (Phi) is 5.95. The van der Waals surface area contributed by atoms with Crippen LogP contribution in [-0.4, -0.2) is 41.7 Å². The smallest absolute Gasteiger partial charge is 0.337 e. The topological polar surface area (TPSA) is 88.5 Å². The van der Waals surface area contributed by atoms with Crippen LogP contribution in [0.4, 0.5) is 0 Å². The SMILES string of the molecule is CC(C)COCCNC(=O)c1ccc(C(=O)O)cn1. The van der Waals surface area contributed by atoms with Crippen molar-refractivity contribution in [2.24, 2.45) is 5.92 Å². The van der Waals surface area contributed by atoms with E-state index < -0.39 is 5.97 Å². The van der Waals surface area contributed by atoms with Crippen molar-refractivity contribution < 1.29 is 19.4 Å². The average Bonchev–Trinajstić information content (AvgIpc) is 2.37. The number of carbonyl (C=O) groups is 2. The summed E-state index contributed by atoms with van der Waals surface area (Å²) in [5.74, 6) is -0.951. The molecule has 1 rings (SSSR count). The second kappa shape index (κ2) is 7.48. The molecule has 0 aliphatic heterocycles. The minimum atomic E-state index is -1.07. The van der Waals surface area contributed by atoms with Crippen LogP contribution in [0.15, 0.2) is 18.3 Å². The second-order valence-electron chi connectivity index (χ2n) is 4.46. The Hall–Kier alpha value is -1.95. The first-order valence-corrected chi connectivity index (χ1v) is 6.06. The van der Waals surface area contributed by atoms with E-state index in [1.807, 2.05) is 13.8 Å². The van der Waals surface area contributed by atoms with Gasteiger partial charge in [0.05, 0.1) is 12.2 Å². The number of amides is 1. The lowest BCUT2D eigenvalue weighted by atomic mass is 10.2. The molecule has 0 unspecified atom stereocenters. The van der Waals surface area contributed by atoms with E-state index in [0.29, 0.717) is 25.7 Å². The van der Waals surface area contributed by atoms with Crippen LogP contribution in [0.3, 0.4) is 0 Å². The highest BCUT2D eigenvalue weighted by Gasteiger charge is 2.08. The summed E-state index contributed by atoms with van der Waals surface area (Å²) in [5.41, 5.74) is 0.241. The lowest BCUT2D eigenvalue weighted by Crippen LogP contribution is -2.28. The van der Waals surface area contributed by atoms with Crippen LogP contribution < -0.4 is 5.32 Å². The van der Waals surface area contributed by atoms with Gasteiger partial charge in [0.2, 0.25) is 0 Å². The summed E-state index contributed by atoms with van der Waals surface area (Å²) >= 11 is 0. The van der Waals surface area contributed by atoms with Crippen LogP contribution in [0.5, 0.6) is 0 Å². The Morgan fingerprint density at radius 1 is 1.42 bits per heavy atom. The zero-order valence-electron chi connectivity index (χ0n) is 11.0. The van der Waals surface area contributed by atoms with Crippen LogP contribution in [0, 0.1) is 5.92 Å². The maximum atomic E-state index is 11.6. The van der Waals surface area contributed by atoms with Crippen LogP contribution in [-0.2, 0) is 4.74 Å². The molecule has 19 heavy (non-hydrogen) atoms. The molecule has 6 heteroatoms. The molecule has 104 valence electrons. The molecule has 0 fully saturated rings. The molecule has 1 heterocycles. The number of pyridine rings is 1. The number of aromatic carboxylic acids is 1. The minimum absolute atomic E-state index is 0.0526. The molecular formula is C13H18N2O4. The van der Waals surface area contributed by atoms with E-state index in [0.717, 1.165) is 6.20 Å². The van der Waals surface area contributed by atoms with Gasteiger partial charge in [-0.05, 0) is 18.1 Å². The number of nitrogens with zero attached hydrogens (tertiary/aromatic N) is 1. The number of carbonyl (C=O) groups excluding carboxylic acids is 1. The van der Waals surface area contributed by atoms with Gasteiger partial charge in [-0.2, -0.15) is 0 Å². The van der Waals surface area contributed by atoms with Crippen molar-refractivity contribution in [3.63, 3.8) is 0 Å². The van der Waals surface area contributed by atoms with Gasteiger partial charge in [0.25, 0.3) is 5.91 Å². The number of nitrogens with one attached hydrogen (secondary N) is 1. The molecule has 0 atom stereocenters. The molecule has 1 aromatic heterocycles. The lowest BCUT2D eigenvalue weighted by Gasteiger charge is -2.07. The Bertz CT molecular complexity index is 429. The van der Waals surface area contributed by atoms with Gasteiger partial charge in [-0.3, -0.25) is 9.78 Å². The van der Waals surface area contributed by atoms with Crippen molar-refractivity contribution in [2.75, 3.05) is 19.8 Å². The highest BCUT2D eigenvalue weighted by atomic mass is 16.5. The summed E-state index contributed by atoms with van der Waals surface area (Å²) in [6.45, 7) is 5.59. The number of rotatable bonds is 7. The third kappa shape index (κ3) is 5.48. The van der Waals surface area contributed by atoms with Gasteiger partial charge in [0.1, 0.15) is 5.69 Å². The van der Waals surface area contributed by atoms with Crippen LogP contribution in [0.1, 0.15) is 34.7 Å². The van der Waals surface area contributed by atoms with E-state index in [1.165, 1.54) is 12.1 Å². The third-order valence-electron chi connectivity index (χ3n) is 2.23. The minimum Gasteiger partial charge on any atom is -0.478 e. The zero-order chi connectivity index (χ0) is 14.3. The highest BCUT2D eigenvalue weighted by Crippen LogP contribution is 2.00. The van der Waals surface area contributed by atoms with Crippen molar-refractivity contribution in [1.29, 1.82) is 0 Å². The Balaban J connectivity index is 2.35. The van der Waals surface area contributed by atoms with Crippen LogP contribution in [0.25, 0.3) is 0 Å². The van der Waals surface area contributed by atoms with Gasteiger partial charge >= 0.3 is 5.97 Å². The summed E-state index contributed by atoms with van der Waals surface area (Å²) in [6, 6.07) is 2.73. The van der Waals surface area contributed by atoms with Crippen molar-refractivity contribution >= 4 is 11.9 Å². The van der Waals surface area contributed by atoms with E-state index in [1.54, 1.807) is 0 Å². The maximum absolute atomic E-state index is 11.6.